The molecular weight excluding hydrogens is 276 g/mol. The van der Waals surface area contributed by atoms with Crippen molar-refractivity contribution in [3.63, 3.8) is 0 Å². The van der Waals surface area contributed by atoms with Crippen LogP contribution < -0.4 is 10.0 Å². The number of piperidine rings is 1. The lowest BCUT2D eigenvalue weighted by molar-refractivity contribution is 0.422. The second-order valence-electron chi connectivity index (χ2n) is 5.38. The number of hydrogen-bond donors (Lipinski definition) is 2. The fourth-order valence-electron chi connectivity index (χ4n) is 2.61. The Bertz CT molecular complexity index is 533. The molecule has 1 atom stereocenters. The van der Waals surface area contributed by atoms with Crippen molar-refractivity contribution in [3.8, 4) is 0 Å². The van der Waals surface area contributed by atoms with Gasteiger partial charge in [0, 0.05) is 31.4 Å². The van der Waals surface area contributed by atoms with Gasteiger partial charge in [-0.1, -0.05) is 13.3 Å². The van der Waals surface area contributed by atoms with E-state index in [1.165, 1.54) is 0 Å². The van der Waals surface area contributed by atoms with E-state index in [-0.39, 0.29) is 11.8 Å². The average molecular weight is 300 g/mol. The fraction of sp³-hybridized carbons (Fsp3) is 0.769. The monoisotopic (exact) mass is 300 g/mol. The minimum atomic E-state index is -3.24. The van der Waals surface area contributed by atoms with E-state index in [0.717, 1.165) is 43.5 Å². The third-order valence-electron chi connectivity index (χ3n) is 3.64. The first-order chi connectivity index (χ1) is 9.50. The highest BCUT2D eigenvalue weighted by Gasteiger charge is 2.21. The summed E-state index contributed by atoms with van der Waals surface area (Å²) in [7, 11) is -1.39. The van der Waals surface area contributed by atoms with Gasteiger partial charge in [0.15, 0.2) is 0 Å². The van der Waals surface area contributed by atoms with E-state index in [1.807, 2.05) is 20.2 Å². The van der Waals surface area contributed by atoms with E-state index in [2.05, 4.69) is 15.1 Å². The first-order valence-corrected chi connectivity index (χ1v) is 8.87. The molecule has 2 rings (SSSR count). The standard InChI is InChI=1S/C13H24N4O2S/c1-3-13-11(9-17(2)16-13)8-15-20(18,19)10-12-6-4-5-7-14-12/h9,12,14-15H,3-8,10H2,1-2H3. The highest BCUT2D eigenvalue weighted by molar-refractivity contribution is 7.89. The Kier molecular flexibility index (Phi) is 5.17. The van der Waals surface area contributed by atoms with Gasteiger partial charge < -0.3 is 5.32 Å². The summed E-state index contributed by atoms with van der Waals surface area (Å²) < 4.78 is 28.6. The topological polar surface area (TPSA) is 76.0 Å². The molecule has 0 spiro atoms. The number of nitrogens with zero attached hydrogens (tertiary/aromatic N) is 2. The lowest BCUT2D eigenvalue weighted by Gasteiger charge is -2.23. The first kappa shape index (κ1) is 15.5. The number of hydrogen-bond acceptors (Lipinski definition) is 4. The van der Waals surface area contributed by atoms with Gasteiger partial charge in [0.2, 0.25) is 10.0 Å². The number of rotatable bonds is 6. The predicted octanol–water partition coefficient (Wildman–Crippen LogP) is 0.544. The van der Waals surface area contributed by atoms with E-state index in [1.54, 1.807) is 4.68 Å². The van der Waals surface area contributed by atoms with Crippen molar-refractivity contribution < 1.29 is 8.42 Å². The molecule has 1 unspecified atom stereocenters. The van der Waals surface area contributed by atoms with E-state index >= 15 is 0 Å². The molecule has 0 aliphatic carbocycles. The normalized spacial score (nSPS) is 20.2. The van der Waals surface area contributed by atoms with Gasteiger partial charge in [-0.05, 0) is 25.8 Å². The number of nitrogens with one attached hydrogen (secondary N) is 2. The van der Waals surface area contributed by atoms with Crippen LogP contribution in [-0.2, 0) is 30.0 Å². The molecule has 1 aromatic rings. The Morgan fingerprint density at radius 1 is 1.50 bits per heavy atom. The lowest BCUT2D eigenvalue weighted by Crippen LogP contribution is -2.42. The van der Waals surface area contributed by atoms with Crippen molar-refractivity contribution in [3.05, 3.63) is 17.5 Å². The van der Waals surface area contributed by atoms with Crippen LogP contribution in [0.15, 0.2) is 6.20 Å². The Labute approximate surface area is 121 Å². The maximum atomic E-state index is 12.1. The minimum Gasteiger partial charge on any atom is -0.313 e. The SMILES string of the molecule is CCc1nn(C)cc1CNS(=O)(=O)CC1CCCCN1. The molecule has 2 N–H and O–H groups in total. The minimum absolute atomic E-state index is 0.0841. The molecule has 0 radical (unpaired) electrons. The van der Waals surface area contributed by atoms with Crippen LogP contribution >= 0.6 is 0 Å². The van der Waals surface area contributed by atoms with Crippen LogP contribution in [-0.4, -0.2) is 36.5 Å². The molecule has 114 valence electrons. The zero-order chi connectivity index (χ0) is 14.6. The second-order valence-corrected chi connectivity index (χ2v) is 7.23. The molecule has 6 nitrogen and oxygen atoms in total. The molecule has 0 amide bonds. The van der Waals surface area contributed by atoms with Crippen LogP contribution in [0.2, 0.25) is 0 Å². The molecule has 2 heterocycles. The Morgan fingerprint density at radius 2 is 2.30 bits per heavy atom. The van der Waals surface area contributed by atoms with Crippen LogP contribution in [0.3, 0.4) is 0 Å². The van der Waals surface area contributed by atoms with E-state index < -0.39 is 10.0 Å². The zero-order valence-corrected chi connectivity index (χ0v) is 13.0. The quantitative estimate of drug-likeness (QED) is 0.804. The molecule has 1 aromatic heterocycles. The predicted molar refractivity (Wildman–Crippen MR) is 78.9 cm³/mol. The van der Waals surface area contributed by atoms with Crippen LogP contribution in [0.1, 0.15) is 37.4 Å². The molecule has 0 aromatic carbocycles. The number of aryl methyl sites for hydroxylation is 2. The molecule has 1 aliphatic rings. The van der Waals surface area contributed by atoms with Gasteiger partial charge in [0.1, 0.15) is 0 Å². The summed E-state index contributed by atoms with van der Waals surface area (Å²) in [5, 5.41) is 7.58. The Hall–Kier alpha value is -0.920. The third kappa shape index (κ3) is 4.29. The molecule has 1 aliphatic heterocycles. The van der Waals surface area contributed by atoms with Crippen molar-refractivity contribution in [2.24, 2.45) is 7.05 Å². The lowest BCUT2D eigenvalue weighted by atomic mass is 10.1. The average Bonchev–Trinajstić information content (AvgIpc) is 2.78. The highest BCUT2D eigenvalue weighted by atomic mass is 32.2. The highest BCUT2D eigenvalue weighted by Crippen LogP contribution is 2.10. The van der Waals surface area contributed by atoms with Gasteiger partial charge in [-0.3, -0.25) is 4.68 Å². The smallest absolute Gasteiger partial charge is 0.213 e. The van der Waals surface area contributed by atoms with E-state index in [4.69, 9.17) is 0 Å². The number of aromatic nitrogens is 2. The molecule has 1 fully saturated rings. The molecule has 0 bridgehead atoms. The summed E-state index contributed by atoms with van der Waals surface area (Å²) in [6.07, 6.45) is 5.87. The van der Waals surface area contributed by atoms with E-state index in [9.17, 15) is 8.42 Å². The van der Waals surface area contributed by atoms with Gasteiger partial charge in [-0.2, -0.15) is 5.10 Å². The molecule has 0 saturated carbocycles. The van der Waals surface area contributed by atoms with Crippen LogP contribution in [0, 0.1) is 0 Å². The van der Waals surface area contributed by atoms with Crippen molar-refractivity contribution in [1.29, 1.82) is 0 Å². The van der Waals surface area contributed by atoms with Crippen molar-refractivity contribution in [2.75, 3.05) is 12.3 Å². The summed E-state index contributed by atoms with van der Waals surface area (Å²) in [6, 6.07) is 0.0841. The summed E-state index contributed by atoms with van der Waals surface area (Å²) >= 11 is 0. The van der Waals surface area contributed by atoms with E-state index in [0.29, 0.717) is 6.54 Å². The van der Waals surface area contributed by atoms with Crippen molar-refractivity contribution >= 4 is 10.0 Å². The van der Waals surface area contributed by atoms with Crippen LogP contribution in [0.5, 0.6) is 0 Å². The van der Waals surface area contributed by atoms with Gasteiger partial charge in [0.05, 0.1) is 11.4 Å². The van der Waals surface area contributed by atoms with Crippen molar-refractivity contribution in [1.82, 2.24) is 19.8 Å². The summed E-state index contributed by atoms with van der Waals surface area (Å²) in [5.74, 6) is 0.161. The maximum Gasteiger partial charge on any atom is 0.213 e. The van der Waals surface area contributed by atoms with Crippen LogP contribution in [0.4, 0.5) is 0 Å². The summed E-state index contributed by atoms with van der Waals surface area (Å²) in [6.45, 7) is 3.27. The van der Waals surface area contributed by atoms with Crippen LogP contribution in [0.25, 0.3) is 0 Å². The van der Waals surface area contributed by atoms with Gasteiger partial charge in [-0.25, -0.2) is 13.1 Å². The Balaban J connectivity index is 1.91. The van der Waals surface area contributed by atoms with Gasteiger partial charge >= 0.3 is 0 Å². The Morgan fingerprint density at radius 3 is 2.95 bits per heavy atom. The van der Waals surface area contributed by atoms with Crippen molar-refractivity contribution in [2.45, 2.75) is 45.2 Å². The van der Waals surface area contributed by atoms with Gasteiger partial charge in [-0.15, -0.1) is 0 Å². The molecular formula is C13H24N4O2S. The third-order valence-corrected chi connectivity index (χ3v) is 5.07. The zero-order valence-electron chi connectivity index (χ0n) is 12.2. The molecule has 7 heteroatoms. The largest absolute Gasteiger partial charge is 0.313 e. The second kappa shape index (κ2) is 6.69. The fourth-order valence-corrected chi connectivity index (χ4v) is 3.91. The molecule has 20 heavy (non-hydrogen) atoms. The first-order valence-electron chi connectivity index (χ1n) is 7.22. The van der Waals surface area contributed by atoms with Gasteiger partial charge in [0.25, 0.3) is 0 Å². The summed E-state index contributed by atoms with van der Waals surface area (Å²) in [5.41, 5.74) is 1.90. The maximum absolute atomic E-state index is 12.1. The summed E-state index contributed by atoms with van der Waals surface area (Å²) in [4.78, 5) is 0. The number of sulfonamides is 1. The molecule has 1 saturated heterocycles.